The van der Waals surface area contributed by atoms with E-state index < -0.39 is 0 Å². The highest BCUT2D eigenvalue weighted by atomic mass is 79.9. The van der Waals surface area contributed by atoms with Crippen LogP contribution < -0.4 is 0 Å². The summed E-state index contributed by atoms with van der Waals surface area (Å²) in [6, 6.07) is 6.67. The lowest BCUT2D eigenvalue weighted by molar-refractivity contribution is 0.475. The van der Waals surface area contributed by atoms with Gasteiger partial charge < -0.3 is 9.52 Å². The van der Waals surface area contributed by atoms with Crippen LogP contribution in [0, 0.1) is 0 Å². The molecule has 0 amide bonds. The minimum Gasteiger partial charge on any atom is -0.508 e. The van der Waals surface area contributed by atoms with E-state index in [2.05, 4.69) is 20.9 Å². The molecule has 0 saturated heterocycles. The second-order valence-electron chi connectivity index (χ2n) is 2.52. The lowest BCUT2D eigenvalue weighted by atomic mass is 10.2. The van der Waals surface area contributed by atoms with Gasteiger partial charge >= 0.3 is 0 Å². The Morgan fingerprint density at radius 3 is 2.46 bits per heavy atom. The number of rotatable bonds is 1. The summed E-state index contributed by atoms with van der Waals surface area (Å²) >= 11 is 3.17. The summed E-state index contributed by atoms with van der Waals surface area (Å²) in [7, 11) is 0. The normalized spacial score (nSPS) is 10.2. The predicted octanol–water partition coefficient (Wildman–Crippen LogP) is 2.81. The Kier molecular flexibility index (Phi) is 2.06. The average molecular weight is 240 g/mol. The van der Waals surface area contributed by atoms with Crippen LogP contribution in [0.3, 0.4) is 0 Å². The highest BCUT2D eigenvalue weighted by molar-refractivity contribution is 9.10. The molecule has 0 atom stereocenters. The second-order valence-corrected chi connectivity index (χ2v) is 3.30. The quantitative estimate of drug-likeness (QED) is 0.833. The van der Waals surface area contributed by atoms with Crippen molar-refractivity contribution in [2.24, 2.45) is 0 Å². The van der Waals surface area contributed by atoms with Crippen molar-refractivity contribution in [2.45, 2.75) is 0 Å². The van der Waals surface area contributed by atoms with Gasteiger partial charge in [-0.2, -0.15) is 0 Å². The molecule has 0 bridgehead atoms. The largest absolute Gasteiger partial charge is 0.508 e. The van der Waals surface area contributed by atoms with Crippen molar-refractivity contribution >= 4 is 15.9 Å². The van der Waals surface area contributed by atoms with Crippen molar-refractivity contribution in [3.8, 4) is 17.2 Å². The van der Waals surface area contributed by atoms with E-state index >= 15 is 0 Å². The molecule has 0 aliphatic rings. The van der Waals surface area contributed by atoms with Gasteiger partial charge in [0.25, 0.3) is 0 Å². The zero-order chi connectivity index (χ0) is 9.26. The minimum atomic E-state index is 0.231. The third kappa shape index (κ3) is 1.72. The number of phenolic OH excluding ortho intramolecular Hbond substituents is 1. The van der Waals surface area contributed by atoms with Gasteiger partial charge in [0.15, 0.2) is 4.67 Å². The molecule has 4 heteroatoms. The number of aromatic hydroxyl groups is 1. The first kappa shape index (κ1) is 8.31. The molecule has 13 heavy (non-hydrogen) atoms. The number of benzene rings is 1. The molecule has 3 nitrogen and oxygen atoms in total. The fourth-order valence-corrected chi connectivity index (χ4v) is 1.25. The number of phenols is 1. The number of halogens is 1. The zero-order valence-corrected chi connectivity index (χ0v) is 8.15. The van der Waals surface area contributed by atoms with Crippen LogP contribution in [0.2, 0.25) is 0 Å². The van der Waals surface area contributed by atoms with Gasteiger partial charge in [-0.3, -0.25) is 0 Å². The van der Waals surface area contributed by atoms with Crippen LogP contribution in [0.15, 0.2) is 39.5 Å². The number of oxazole rings is 1. The van der Waals surface area contributed by atoms with E-state index in [4.69, 9.17) is 9.52 Å². The van der Waals surface area contributed by atoms with Crippen LogP contribution >= 0.6 is 15.9 Å². The average Bonchev–Trinajstić information content (AvgIpc) is 2.53. The van der Waals surface area contributed by atoms with E-state index in [9.17, 15) is 0 Å². The third-order valence-corrected chi connectivity index (χ3v) is 1.96. The fraction of sp³-hybridized carbons (Fsp3) is 0. The molecule has 0 radical (unpaired) electrons. The van der Waals surface area contributed by atoms with E-state index in [1.54, 1.807) is 30.5 Å². The Morgan fingerprint density at radius 2 is 1.92 bits per heavy atom. The maximum atomic E-state index is 9.05. The molecule has 1 heterocycles. The van der Waals surface area contributed by atoms with Gasteiger partial charge in [-0.25, -0.2) is 4.98 Å². The van der Waals surface area contributed by atoms with Crippen LogP contribution in [0.4, 0.5) is 0 Å². The van der Waals surface area contributed by atoms with Crippen LogP contribution in [-0.2, 0) is 0 Å². The van der Waals surface area contributed by atoms with Gasteiger partial charge in [-0.1, -0.05) is 0 Å². The van der Waals surface area contributed by atoms with E-state index in [-0.39, 0.29) is 5.75 Å². The van der Waals surface area contributed by atoms with Gasteiger partial charge in [0, 0.05) is 5.56 Å². The first-order valence-electron chi connectivity index (χ1n) is 3.66. The van der Waals surface area contributed by atoms with Crippen molar-refractivity contribution in [3.63, 3.8) is 0 Å². The molecule has 1 N–H and O–H groups in total. The highest BCUT2D eigenvalue weighted by Crippen LogP contribution is 2.23. The molecule has 0 aliphatic heterocycles. The lowest BCUT2D eigenvalue weighted by Gasteiger charge is -1.94. The number of hydrogen-bond acceptors (Lipinski definition) is 3. The van der Waals surface area contributed by atoms with Gasteiger partial charge in [0.2, 0.25) is 5.89 Å². The van der Waals surface area contributed by atoms with Crippen molar-refractivity contribution in [3.05, 3.63) is 35.1 Å². The van der Waals surface area contributed by atoms with Crippen LogP contribution in [-0.4, -0.2) is 10.1 Å². The highest BCUT2D eigenvalue weighted by Gasteiger charge is 2.03. The smallest absolute Gasteiger partial charge is 0.227 e. The molecule has 2 rings (SSSR count). The summed E-state index contributed by atoms with van der Waals surface area (Å²) < 4.78 is 5.83. The zero-order valence-electron chi connectivity index (χ0n) is 6.57. The molecule has 1 aromatic heterocycles. The minimum absolute atomic E-state index is 0.231. The molecule has 0 saturated carbocycles. The maximum absolute atomic E-state index is 9.05. The van der Waals surface area contributed by atoms with Gasteiger partial charge in [0.1, 0.15) is 5.75 Å². The predicted molar refractivity (Wildman–Crippen MR) is 51.3 cm³/mol. The van der Waals surface area contributed by atoms with Crippen LogP contribution in [0.1, 0.15) is 0 Å². The number of aromatic nitrogens is 1. The number of nitrogens with zero attached hydrogens (tertiary/aromatic N) is 1. The standard InChI is InChI=1S/C9H6BrNO2/c10-8-5-11-9(13-8)6-1-3-7(12)4-2-6/h1-5,12H. The van der Waals surface area contributed by atoms with Crippen molar-refractivity contribution in [1.82, 2.24) is 4.98 Å². The maximum Gasteiger partial charge on any atom is 0.227 e. The molecule has 66 valence electrons. The Hall–Kier alpha value is -1.29. The molecule has 0 aliphatic carbocycles. The summed E-state index contributed by atoms with van der Waals surface area (Å²) in [6.07, 6.45) is 1.59. The molecular formula is C9H6BrNO2. The second kappa shape index (κ2) is 3.22. The van der Waals surface area contributed by atoms with Gasteiger partial charge in [-0.05, 0) is 40.2 Å². The van der Waals surface area contributed by atoms with E-state index in [1.165, 1.54) is 0 Å². The molecule has 0 fully saturated rings. The summed E-state index contributed by atoms with van der Waals surface area (Å²) in [4.78, 5) is 4.02. The van der Waals surface area contributed by atoms with E-state index in [0.717, 1.165) is 5.56 Å². The Morgan fingerprint density at radius 1 is 1.23 bits per heavy atom. The molecule has 0 unspecified atom stereocenters. The summed E-state index contributed by atoms with van der Waals surface area (Å²) in [5.74, 6) is 0.765. The molecule has 2 aromatic rings. The van der Waals surface area contributed by atoms with Crippen LogP contribution in [0.5, 0.6) is 5.75 Å². The monoisotopic (exact) mass is 239 g/mol. The summed E-state index contributed by atoms with van der Waals surface area (Å²) in [5.41, 5.74) is 0.837. The van der Waals surface area contributed by atoms with E-state index in [0.29, 0.717) is 10.6 Å². The Balaban J connectivity index is 2.41. The van der Waals surface area contributed by atoms with Crippen LogP contribution in [0.25, 0.3) is 11.5 Å². The SMILES string of the molecule is Oc1ccc(-c2ncc(Br)o2)cc1. The molecule has 1 aromatic carbocycles. The first-order valence-corrected chi connectivity index (χ1v) is 4.46. The van der Waals surface area contributed by atoms with Crippen molar-refractivity contribution < 1.29 is 9.52 Å². The summed E-state index contributed by atoms with van der Waals surface area (Å²) in [6.45, 7) is 0. The third-order valence-electron chi connectivity index (χ3n) is 1.59. The van der Waals surface area contributed by atoms with Crippen molar-refractivity contribution in [1.29, 1.82) is 0 Å². The van der Waals surface area contributed by atoms with Gasteiger partial charge in [0.05, 0.1) is 6.20 Å². The molecular weight excluding hydrogens is 234 g/mol. The topological polar surface area (TPSA) is 46.3 Å². The Labute approximate surface area is 83.2 Å². The molecule has 0 spiro atoms. The first-order chi connectivity index (χ1) is 6.25. The van der Waals surface area contributed by atoms with E-state index in [1.807, 2.05) is 0 Å². The number of hydrogen-bond donors (Lipinski definition) is 1. The fourth-order valence-electron chi connectivity index (χ4n) is 0.992. The van der Waals surface area contributed by atoms with Crippen molar-refractivity contribution in [2.75, 3.05) is 0 Å². The Bertz CT molecular complexity index is 408. The van der Waals surface area contributed by atoms with Gasteiger partial charge in [-0.15, -0.1) is 0 Å². The lowest BCUT2D eigenvalue weighted by Crippen LogP contribution is -1.74. The summed E-state index contributed by atoms with van der Waals surface area (Å²) in [5, 5.41) is 9.05.